The molecule has 1 heterocycles. The van der Waals surface area contributed by atoms with Gasteiger partial charge in [0.05, 0.1) is 6.10 Å². The molecule has 5 atom stereocenters. The third kappa shape index (κ3) is 1.98. The van der Waals surface area contributed by atoms with Crippen LogP contribution in [-0.4, -0.2) is 59.7 Å². The minimum Gasteiger partial charge on any atom is -0.387 e. The number of nitrogens with two attached hydrogens (primary N) is 1. The Balaban J connectivity index is 2.61. The van der Waals surface area contributed by atoms with Gasteiger partial charge in [0.2, 0.25) is 0 Å². The predicted octanol–water partition coefficient (Wildman–Crippen LogP) is -2.60. The van der Waals surface area contributed by atoms with Crippen molar-refractivity contribution in [3.8, 4) is 0 Å². The maximum atomic E-state index is 9.39. The molecule has 78 valence electrons. The molecule has 0 amide bonds. The summed E-state index contributed by atoms with van der Waals surface area (Å²) in [4.78, 5) is 0. The second kappa shape index (κ2) is 4.32. The van der Waals surface area contributed by atoms with Crippen LogP contribution in [0, 0.1) is 0 Å². The van der Waals surface area contributed by atoms with Gasteiger partial charge in [0, 0.05) is 13.7 Å². The van der Waals surface area contributed by atoms with Crippen molar-refractivity contribution in [3.05, 3.63) is 0 Å². The lowest BCUT2D eigenvalue weighted by Gasteiger charge is -2.22. The van der Waals surface area contributed by atoms with Gasteiger partial charge in [-0.15, -0.1) is 0 Å². The largest absolute Gasteiger partial charge is 0.387 e. The van der Waals surface area contributed by atoms with Crippen LogP contribution in [0.4, 0.5) is 0 Å². The summed E-state index contributed by atoms with van der Waals surface area (Å²) in [5.74, 6) is 0. The van der Waals surface area contributed by atoms with E-state index in [-0.39, 0.29) is 6.54 Å². The summed E-state index contributed by atoms with van der Waals surface area (Å²) in [6.07, 6.45) is -5.14. The van der Waals surface area contributed by atoms with Crippen molar-refractivity contribution in [2.24, 2.45) is 5.73 Å². The molecule has 1 saturated heterocycles. The summed E-state index contributed by atoms with van der Waals surface area (Å²) in [5, 5.41) is 27.6. The Labute approximate surface area is 75.9 Å². The SMILES string of the molecule is CO[C@H](CN)[C@H]1O[C@H](O)[C@H](O)[C@H]1O. The van der Waals surface area contributed by atoms with E-state index in [0.29, 0.717) is 0 Å². The van der Waals surface area contributed by atoms with Gasteiger partial charge in [0.15, 0.2) is 6.29 Å². The van der Waals surface area contributed by atoms with E-state index in [1.807, 2.05) is 0 Å². The molecule has 1 rings (SSSR count). The monoisotopic (exact) mass is 193 g/mol. The molecule has 5 N–H and O–H groups in total. The van der Waals surface area contributed by atoms with Gasteiger partial charge in [0.1, 0.15) is 18.3 Å². The summed E-state index contributed by atoms with van der Waals surface area (Å²) in [5.41, 5.74) is 5.34. The van der Waals surface area contributed by atoms with E-state index < -0.39 is 30.7 Å². The molecule has 0 aromatic rings. The molecule has 0 aromatic carbocycles. The highest BCUT2D eigenvalue weighted by Crippen LogP contribution is 2.22. The second-order valence-electron chi connectivity index (χ2n) is 2.98. The van der Waals surface area contributed by atoms with Crippen LogP contribution in [0.5, 0.6) is 0 Å². The molecule has 0 saturated carbocycles. The molecular formula is C7H15NO5. The van der Waals surface area contributed by atoms with E-state index in [0.717, 1.165) is 0 Å². The number of hydrogen-bond acceptors (Lipinski definition) is 6. The minimum absolute atomic E-state index is 0.150. The first kappa shape index (κ1) is 10.8. The molecule has 0 unspecified atom stereocenters. The Kier molecular flexibility index (Phi) is 3.60. The minimum atomic E-state index is -1.37. The van der Waals surface area contributed by atoms with Gasteiger partial charge in [-0.3, -0.25) is 0 Å². The zero-order chi connectivity index (χ0) is 10.0. The first-order valence-electron chi connectivity index (χ1n) is 4.04. The highest BCUT2D eigenvalue weighted by atomic mass is 16.7. The van der Waals surface area contributed by atoms with Gasteiger partial charge < -0.3 is 30.5 Å². The molecule has 13 heavy (non-hydrogen) atoms. The first-order chi connectivity index (χ1) is 6.11. The Hall–Kier alpha value is -0.240. The van der Waals surface area contributed by atoms with Crippen LogP contribution in [-0.2, 0) is 9.47 Å². The maximum Gasteiger partial charge on any atom is 0.184 e. The summed E-state index contributed by atoms with van der Waals surface area (Å²) in [6.45, 7) is 0.150. The van der Waals surface area contributed by atoms with Crippen LogP contribution in [0.25, 0.3) is 0 Å². The van der Waals surface area contributed by atoms with Gasteiger partial charge in [-0.25, -0.2) is 0 Å². The van der Waals surface area contributed by atoms with Crippen LogP contribution in [0.1, 0.15) is 0 Å². The molecule has 6 nitrogen and oxygen atoms in total. The quantitative estimate of drug-likeness (QED) is 0.391. The molecule has 1 aliphatic rings. The number of aliphatic hydroxyl groups excluding tert-OH is 3. The topological polar surface area (TPSA) is 105 Å². The lowest BCUT2D eigenvalue weighted by Crippen LogP contribution is -2.43. The molecule has 0 aliphatic carbocycles. The van der Waals surface area contributed by atoms with Crippen molar-refractivity contribution in [2.75, 3.05) is 13.7 Å². The molecular weight excluding hydrogens is 178 g/mol. The second-order valence-corrected chi connectivity index (χ2v) is 2.98. The summed E-state index contributed by atoms with van der Waals surface area (Å²) in [6, 6.07) is 0. The van der Waals surface area contributed by atoms with Gasteiger partial charge in [-0.05, 0) is 0 Å². The summed E-state index contributed by atoms with van der Waals surface area (Å²) in [7, 11) is 1.42. The van der Waals surface area contributed by atoms with Gasteiger partial charge in [-0.1, -0.05) is 0 Å². The van der Waals surface area contributed by atoms with Gasteiger partial charge in [-0.2, -0.15) is 0 Å². The zero-order valence-corrected chi connectivity index (χ0v) is 7.33. The third-order valence-electron chi connectivity index (χ3n) is 2.18. The Morgan fingerprint density at radius 3 is 2.31 bits per heavy atom. The van der Waals surface area contributed by atoms with Crippen molar-refractivity contribution in [3.63, 3.8) is 0 Å². The van der Waals surface area contributed by atoms with Crippen molar-refractivity contribution in [1.82, 2.24) is 0 Å². The van der Waals surface area contributed by atoms with E-state index in [1.54, 1.807) is 0 Å². The van der Waals surface area contributed by atoms with E-state index in [9.17, 15) is 5.11 Å². The average molecular weight is 193 g/mol. The Morgan fingerprint density at radius 2 is 2.00 bits per heavy atom. The molecule has 6 heteroatoms. The number of methoxy groups -OCH3 is 1. The summed E-state index contributed by atoms with van der Waals surface area (Å²) >= 11 is 0. The smallest absolute Gasteiger partial charge is 0.184 e. The molecule has 0 bridgehead atoms. The van der Waals surface area contributed by atoms with Crippen LogP contribution < -0.4 is 5.73 Å². The van der Waals surface area contributed by atoms with Crippen molar-refractivity contribution >= 4 is 0 Å². The fourth-order valence-electron chi connectivity index (χ4n) is 1.36. The van der Waals surface area contributed by atoms with Gasteiger partial charge >= 0.3 is 0 Å². The number of hydrogen-bond donors (Lipinski definition) is 4. The molecule has 0 aromatic heterocycles. The predicted molar refractivity (Wildman–Crippen MR) is 42.7 cm³/mol. The highest BCUT2D eigenvalue weighted by molar-refractivity contribution is 4.90. The normalized spacial score (nSPS) is 42.2. The average Bonchev–Trinajstić information content (AvgIpc) is 2.36. The Bertz CT molecular complexity index is 161. The van der Waals surface area contributed by atoms with Crippen molar-refractivity contribution in [1.29, 1.82) is 0 Å². The van der Waals surface area contributed by atoms with Gasteiger partial charge in [0.25, 0.3) is 0 Å². The zero-order valence-electron chi connectivity index (χ0n) is 7.33. The first-order valence-corrected chi connectivity index (χ1v) is 4.04. The number of aliphatic hydroxyl groups is 3. The van der Waals surface area contributed by atoms with E-state index in [1.165, 1.54) is 7.11 Å². The number of rotatable bonds is 3. The third-order valence-corrected chi connectivity index (χ3v) is 2.18. The van der Waals surface area contributed by atoms with Crippen molar-refractivity contribution in [2.45, 2.75) is 30.7 Å². The van der Waals surface area contributed by atoms with Crippen molar-refractivity contribution < 1.29 is 24.8 Å². The molecule has 1 fully saturated rings. The fraction of sp³-hybridized carbons (Fsp3) is 1.00. The maximum absolute atomic E-state index is 9.39. The Morgan fingerprint density at radius 1 is 1.38 bits per heavy atom. The van der Waals surface area contributed by atoms with E-state index >= 15 is 0 Å². The molecule has 1 aliphatic heterocycles. The lowest BCUT2D eigenvalue weighted by molar-refractivity contribution is -0.148. The molecule has 0 radical (unpaired) electrons. The van der Waals surface area contributed by atoms with Crippen LogP contribution in [0.3, 0.4) is 0 Å². The fourth-order valence-corrected chi connectivity index (χ4v) is 1.36. The van der Waals surface area contributed by atoms with Crippen LogP contribution in [0.15, 0.2) is 0 Å². The summed E-state index contributed by atoms with van der Waals surface area (Å²) < 4.78 is 9.80. The van der Waals surface area contributed by atoms with E-state index in [4.69, 9.17) is 25.4 Å². The van der Waals surface area contributed by atoms with Crippen LogP contribution >= 0.6 is 0 Å². The highest BCUT2D eigenvalue weighted by Gasteiger charge is 2.45. The van der Waals surface area contributed by atoms with E-state index in [2.05, 4.69) is 0 Å². The van der Waals surface area contributed by atoms with Crippen LogP contribution in [0.2, 0.25) is 0 Å². The lowest BCUT2D eigenvalue weighted by atomic mass is 10.1. The number of ether oxygens (including phenoxy) is 2. The molecule has 0 spiro atoms. The standard InChI is InChI=1S/C7H15NO5/c1-12-3(2-8)6-4(9)5(10)7(11)13-6/h3-7,9-11H,2,8H2,1H3/t3-,4-,5-,6-,7+/m1/s1.